The largest absolute Gasteiger partial charge is 0.367 e. The van der Waals surface area contributed by atoms with Crippen molar-refractivity contribution in [3.63, 3.8) is 0 Å². The average molecular weight is 516 g/mol. The number of halogens is 2. The zero-order valence-corrected chi connectivity index (χ0v) is 21.8. The lowest BCUT2D eigenvalue weighted by molar-refractivity contribution is -0.127. The van der Waals surface area contributed by atoms with E-state index in [0.29, 0.717) is 30.0 Å². The van der Waals surface area contributed by atoms with Gasteiger partial charge in [-0.2, -0.15) is 0 Å². The summed E-state index contributed by atoms with van der Waals surface area (Å²) in [5, 5.41) is 18.5. The average Bonchev–Trinajstić information content (AvgIpc) is 3.16. The van der Waals surface area contributed by atoms with Gasteiger partial charge in [0, 0.05) is 57.6 Å². The van der Waals surface area contributed by atoms with E-state index >= 15 is 0 Å². The van der Waals surface area contributed by atoms with Gasteiger partial charge in [-0.3, -0.25) is 20.8 Å². The van der Waals surface area contributed by atoms with Crippen molar-refractivity contribution in [1.29, 1.82) is 5.41 Å². The lowest BCUT2D eigenvalue weighted by Gasteiger charge is -2.42. The Balaban J connectivity index is 1.41. The molecule has 8 unspecified atom stereocenters. The van der Waals surface area contributed by atoms with E-state index in [4.69, 9.17) is 33.3 Å². The maximum absolute atomic E-state index is 13.3. The highest BCUT2D eigenvalue weighted by Gasteiger charge is 2.38. The number of carbonyl (C=O) groups excluding carboxylic acids is 1. The quantitative estimate of drug-likeness (QED) is 0.332. The van der Waals surface area contributed by atoms with Crippen molar-refractivity contribution in [3.8, 4) is 0 Å². The van der Waals surface area contributed by atoms with Crippen LogP contribution in [-0.4, -0.2) is 57.9 Å². The summed E-state index contributed by atoms with van der Waals surface area (Å²) >= 11 is 12.5. The first-order valence-electron chi connectivity index (χ1n) is 12.7. The Morgan fingerprint density at radius 1 is 1.18 bits per heavy atom. The number of aryl methyl sites for hydroxylation is 1. The third kappa shape index (κ3) is 6.38. The summed E-state index contributed by atoms with van der Waals surface area (Å²) in [5.41, 5.74) is 0.240. The second-order valence-corrected chi connectivity index (χ2v) is 11.5. The van der Waals surface area contributed by atoms with Crippen LogP contribution in [0.15, 0.2) is 12.4 Å². The molecular weight excluding hydrogens is 475 g/mol. The molecule has 0 bridgehead atoms. The highest BCUT2D eigenvalue weighted by molar-refractivity contribution is 6.29. The molecule has 0 spiro atoms. The number of imidazole rings is 1. The minimum absolute atomic E-state index is 0.0249. The molecule has 3 heterocycles. The van der Waals surface area contributed by atoms with Gasteiger partial charge in [0.2, 0.25) is 11.5 Å². The van der Waals surface area contributed by atoms with Gasteiger partial charge in [0.25, 0.3) is 0 Å². The summed E-state index contributed by atoms with van der Waals surface area (Å²) in [6.07, 6.45) is 11.9. The monoisotopic (exact) mass is 514 g/mol. The van der Waals surface area contributed by atoms with Gasteiger partial charge in [0.05, 0.1) is 10.9 Å². The van der Waals surface area contributed by atoms with Crippen molar-refractivity contribution in [2.75, 3.05) is 13.7 Å². The second-order valence-electron chi connectivity index (χ2n) is 10.4. The van der Waals surface area contributed by atoms with Gasteiger partial charge >= 0.3 is 0 Å². The molecule has 2 aliphatic heterocycles. The molecule has 10 heteroatoms. The van der Waals surface area contributed by atoms with E-state index in [1.165, 1.54) is 0 Å². The number of ether oxygens (including phenoxy) is 1. The molecular formula is C24H40Cl2N6O2. The maximum atomic E-state index is 13.3. The van der Waals surface area contributed by atoms with Crippen LogP contribution in [-0.2, 0) is 23.1 Å². The molecule has 3 aliphatic rings. The molecule has 8 atom stereocenters. The number of nitrogens with zero attached hydrogens (tertiary/aromatic N) is 2. The fraction of sp³-hybridized carbons (Fsp3) is 0.833. The first-order valence-corrected chi connectivity index (χ1v) is 13.6. The van der Waals surface area contributed by atoms with Crippen LogP contribution in [0, 0.1) is 23.2 Å². The van der Waals surface area contributed by atoms with Crippen LogP contribution in [0.1, 0.15) is 51.4 Å². The zero-order valence-electron chi connectivity index (χ0n) is 20.3. The number of piperidine rings is 2. The van der Waals surface area contributed by atoms with Crippen LogP contribution >= 0.6 is 23.2 Å². The Morgan fingerprint density at radius 2 is 2.00 bits per heavy atom. The molecule has 192 valence electrons. The summed E-state index contributed by atoms with van der Waals surface area (Å²) < 4.78 is 9.43. The van der Waals surface area contributed by atoms with E-state index in [-0.39, 0.29) is 35.0 Å². The fourth-order valence-corrected chi connectivity index (χ4v) is 6.56. The number of carbonyl (C=O) groups is 1. The van der Waals surface area contributed by atoms with E-state index in [2.05, 4.69) is 16.0 Å². The third-order valence-electron chi connectivity index (χ3n) is 8.00. The van der Waals surface area contributed by atoms with Crippen LogP contribution in [0.4, 0.5) is 0 Å². The van der Waals surface area contributed by atoms with Crippen molar-refractivity contribution in [2.24, 2.45) is 24.8 Å². The number of hydrogen-bond donors (Lipinski definition) is 4. The van der Waals surface area contributed by atoms with Crippen molar-refractivity contribution in [2.45, 2.75) is 87.1 Å². The van der Waals surface area contributed by atoms with Crippen molar-refractivity contribution < 1.29 is 9.53 Å². The third-order valence-corrected chi connectivity index (χ3v) is 9.03. The fourth-order valence-electron chi connectivity index (χ4n) is 6.06. The van der Waals surface area contributed by atoms with E-state index in [1.807, 2.05) is 28.6 Å². The number of hydrogen-bond acceptors (Lipinski definition) is 5. The second kappa shape index (κ2) is 11.8. The highest BCUT2D eigenvalue weighted by atomic mass is 35.5. The number of aromatic nitrogens is 2. The number of nitrogens with one attached hydrogen (secondary N) is 4. The van der Waals surface area contributed by atoms with Gasteiger partial charge in [0.1, 0.15) is 6.23 Å². The topological polar surface area (TPSA) is 96.1 Å². The molecule has 3 fully saturated rings. The van der Waals surface area contributed by atoms with Gasteiger partial charge < -0.3 is 19.2 Å². The van der Waals surface area contributed by atoms with Crippen molar-refractivity contribution in [3.05, 3.63) is 18.0 Å². The van der Waals surface area contributed by atoms with Crippen molar-refractivity contribution >= 4 is 29.1 Å². The zero-order chi connectivity index (χ0) is 24.2. The Kier molecular flexibility index (Phi) is 9.02. The highest BCUT2D eigenvalue weighted by Crippen LogP contribution is 2.38. The predicted molar refractivity (Wildman–Crippen MR) is 134 cm³/mol. The van der Waals surface area contributed by atoms with E-state index in [9.17, 15) is 4.79 Å². The molecule has 1 amide bonds. The van der Waals surface area contributed by atoms with Crippen LogP contribution in [0.25, 0.3) is 0 Å². The molecule has 4 rings (SSSR count). The Hall–Kier alpha value is -1.06. The first-order chi connectivity index (χ1) is 16.3. The molecule has 0 aromatic carbocycles. The Morgan fingerprint density at radius 3 is 2.71 bits per heavy atom. The number of rotatable bonds is 7. The van der Waals surface area contributed by atoms with Gasteiger partial charge in [-0.1, -0.05) is 0 Å². The Bertz CT molecular complexity index is 876. The minimum atomic E-state index is -0.256. The van der Waals surface area contributed by atoms with Crippen LogP contribution in [0.5, 0.6) is 0 Å². The van der Waals surface area contributed by atoms with Gasteiger partial charge in [-0.25, -0.2) is 0 Å². The summed E-state index contributed by atoms with van der Waals surface area (Å²) in [7, 11) is 3.66. The van der Waals surface area contributed by atoms with Gasteiger partial charge in [0.15, 0.2) is 0 Å². The number of amides is 1. The predicted octanol–water partition coefficient (Wildman–Crippen LogP) is 2.49. The SMILES string of the molecule is COC1CCCC(C2CC(Cn3ccn(C)c3=N)CC(C(=O)NCC3CCC(Cl)C(Cl)N3)C2)N1. The van der Waals surface area contributed by atoms with Crippen LogP contribution in [0.3, 0.4) is 0 Å². The standard InChI is InChI=1S/C24H40Cl2N6O2/c1-31-8-9-32(24(31)27)14-15-10-16(20-4-3-5-21(30-20)34-2)12-17(11-15)23(33)28-13-18-6-7-19(25)22(26)29-18/h8-9,15-22,27,29-30H,3-7,10-14H2,1-2H3,(H,28,33). The Labute approximate surface area is 212 Å². The molecule has 8 nitrogen and oxygen atoms in total. The first kappa shape index (κ1) is 26.0. The lowest BCUT2D eigenvalue weighted by Crippen LogP contribution is -2.52. The molecule has 1 aliphatic carbocycles. The summed E-state index contributed by atoms with van der Waals surface area (Å²) in [4.78, 5) is 13.3. The van der Waals surface area contributed by atoms with Crippen LogP contribution in [0.2, 0.25) is 0 Å². The molecule has 4 N–H and O–H groups in total. The van der Waals surface area contributed by atoms with E-state index < -0.39 is 0 Å². The summed E-state index contributed by atoms with van der Waals surface area (Å²) in [5.74, 6) is 0.887. The molecule has 1 aromatic rings. The van der Waals surface area contributed by atoms with Gasteiger partial charge in [-0.05, 0) is 63.2 Å². The van der Waals surface area contributed by atoms with E-state index in [1.54, 1.807) is 7.11 Å². The molecule has 1 saturated carbocycles. The van der Waals surface area contributed by atoms with Gasteiger partial charge in [-0.15, -0.1) is 23.2 Å². The normalized spacial score (nSPS) is 36.8. The minimum Gasteiger partial charge on any atom is -0.367 e. The maximum Gasteiger partial charge on any atom is 0.223 e. The molecule has 1 aromatic heterocycles. The molecule has 0 radical (unpaired) electrons. The summed E-state index contributed by atoms with van der Waals surface area (Å²) in [6, 6.07) is 0.524. The molecule has 2 saturated heterocycles. The molecule has 34 heavy (non-hydrogen) atoms. The van der Waals surface area contributed by atoms with Crippen molar-refractivity contribution in [1.82, 2.24) is 25.1 Å². The summed E-state index contributed by atoms with van der Waals surface area (Å²) in [6.45, 7) is 1.35. The lowest BCUT2D eigenvalue weighted by atomic mass is 9.70. The van der Waals surface area contributed by atoms with E-state index in [0.717, 1.165) is 57.9 Å². The number of methoxy groups -OCH3 is 1. The van der Waals surface area contributed by atoms with Crippen LogP contribution < -0.4 is 21.6 Å². The number of alkyl halides is 2. The smallest absolute Gasteiger partial charge is 0.223 e.